The number of anilines is 1. The second-order valence-electron chi connectivity index (χ2n) is 5.59. The van der Waals surface area contributed by atoms with Crippen LogP contribution in [0.2, 0.25) is 0 Å². The van der Waals surface area contributed by atoms with Crippen LogP contribution in [-0.4, -0.2) is 26.1 Å². The second-order valence-corrected chi connectivity index (χ2v) is 5.59. The van der Waals surface area contributed by atoms with Gasteiger partial charge >= 0.3 is 0 Å². The number of nitrogens with one attached hydrogen (secondary N) is 2. The Morgan fingerprint density at radius 1 is 1.23 bits per heavy atom. The van der Waals surface area contributed by atoms with E-state index in [4.69, 9.17) is 4.74 Å². The summed E-state index contributed by atoms with van der Waals surface area (Å²) >= 11 is 0. The van der Waals surface area contributed by atoms with E-state index in [1.807, 2.05) is 24.3 Å². The Bertz CT molecular complexity index is 512. The molecule has 1 aromatic carbocycles. The van der Waals surface area contributed by atoms with Crippen LogP contribution in [0.4, 0.5) is 5.69 Å². The molecule has 0 heterocycles. The molecule has 1 aliphatic carbocycles. The van der Waals surface area contributed by atoms with Crippen molar-refractivity contribution >= 4 is 11.6 Å². The normalized spacial score (nSPS) is 14.1. The summed E-state index contributed by atoms with van der Waals surface area (Å²) in [6.45, 7) is 1.36. The maximum atomic E-state index is 11.8. The molecule has 2 N–H and O–H groups in total. The Kier molecular flexibility index (Phi) is 6.81. The van der Waals surface area contributed by atoms with E-state index in [0.29, 0.717) is 13.0 Å². The van der Waals surface area contributed by atoms with Gasteiger partial charge in [-0.25, -0.2) is 0 Å². The molecule has 0 saturated carbocycles. The first-order valence-electron chi connectivity index (χ1n) is 8.11. The maximum Gasteiger partial charge on any atom is 0.221 e. The Morgan fingerprint density at radius 3 is 2.86 bits per heavy atom. The molecule has 0 bridgehead atoms. The first-order valence-corrected chi connectivity index (χ1v) is 8.11. The minimum Gasteiger partial charge on any atom is -0.495 e. The number of para-hydroxylation sites is 2. The highest BCUT2D eigenvalue weighted by molar-refractivity contribution is 5.76. The summed E-state index contributed by atoms with van der Waals surface area (Å²) < 4.78 is 5.27. The van der Waals surface area contributed by atoms with Crippen LogP contribution < -0.4 is 15.4 Å². The molecule has 0 spiro atoms. The van der Waals surface area contributed by atoms with Gasteiger partial charge in [0.2, 0.25) is 5.91 Å². The van der Waals surface area contributed by atoms with E-state index >= 15 is 0 Å². The van der Waals surface area contributed by atoms with E-state index in [1.165, 1.54) is 31.3 Å². The third-order valence-corrected chi connectivity index (χ3v) is 3.93. The number of carbonyl (C=O) groups excluding carboxylic acids is 1. The van der Waals surface area contributed by atoms with E-state index in [1.54, 1.807) is 7.11 Å². The fourth-order valence-electron chi connectivity index (χ4n) is 2.68. The SMILES string of the molecule is COc1ccccc1NCCC(=O)NCCC1=CCCCC1. The quantitative estimate of drug-likeness (QED) is 0.723. The van der Waals surface area contributed by atoms with Crippen LogP contribution in [0.1, 0.15) is 38.5 Å². The van der Waals surface area contributed by atoms with Crippen molar-refractivity contribution in [2.24, 2.45) is 0 Å². The lowest BCUT2D eigenvalue weighted by Gasteiger charge is -2.13. The monoisotopic (exact) mass is 302 g/mol. The summed E-state index contributed by atoms with van der Waals surface area (Å²) in [5.41, 5.74) is 2.42. The zero-order chi connectivity index (χ0) is 15.6. The summed E-state index contributed by atoms with van der Waals surface area (Å²) in [6.07, 6.45) is 8.80. The molecule has 1 aliphatic rings. The van der Waals surface area contributed by atoms with Crippen molar-refractivity contribution in [3.05, 3.63) is 35.9 Å². The predicted molar refractivity (Wildman–Crippen MR) is 90.3 cm³/mol. The van der Waals surface area contributed by atoms with Crippen molar-refractivity contribution in [1.29, 1.82) is 0 Å². The molecule has 0 unspecified atom stereocenters. The third-order valence-electron chi connectivity index (χ3n) is 3.93. The molecule has 0 aliphatic heterocycles. The standard InChI is InChI=1S/C18H26N2O2/c1-22-17-10-6-5-9-16(17)19-14-12-18(21)20-13-11-15-7-3-2-4-8-15/h5-7,9-10,19H,2-4,8,11-14H2,1H3,(H,20,21). The Balaban J connectivity index is 1.62. The maximum absolute atomic E-state index is 11.8. The summed E-state index contributed by atoms with van der Waals surface area (Å²) in [6, 6.07) is 7.73. The Hall–Kier alpha value is -1.97. The topological polar surface area (TPSA) is 50.4 Å². The first-order chi connectivity index (χ1) is 10.8. The lowest BCUT2D eigenvalue weighted by atomic mass is 9.97. The highest BCUT2D eigenvalue weighted by atomic mass is 16.5. The molecule has 4 heteroatoms. The highest BCUT2D eigenvalue weighted by Crippen LogP contribution is 2.22. The van der Waals surface area contributed by atoms with E-state index in [0.717, 1.165) is 24.4 Å². The van der Waals surface area contributed by atoms with Crippen molar-refractivity contribution in [2.75, 3.05) is 25.5 Å². The first kappa shape index (κ1) is 16.4. The van der Waals surface area contributed by atoms with Crippen LogP contribution in [0, 0.1) is 0 Å². The molecule has 4 nitrogen and oxygen atoms in total. The lowest BCUT2D eigenvalue weighted by Crippen LogP contribution is -2.26. The van der Waals surface area contributed by atoms with Crippen LogP contribution in [0.15, 0.2) is 35.9 Å². The van der Waals surface area contributed by atoms with Gasteiger partial charge in [0.15, 0.2) is 0 Å². The van der Waals surface area contributed by atoms with Crippen LogP contribution in [0.3, 0.4) is 0 Å². The van der Waals surface area contributed by atoms with E-state index in [-0.39, 0.29) is 5.91 Å². The van der Waals surface area contributed by atoms with Crippen LogP contribution in [-0.2, 0) is 4.79 Å². The molecule has 22 heavy (non-hydrogen) atoms. The Morgan fingerprint density at radius 2 is 2.09 bits per heavy atom. The molecule has 2 rings (SSSR count). The van der Waals surface area contributed by atoms with E-state index in [2.05, 4.69) is 16.7 Å². The fraction of sp³-hybridized carbons (Fsp3) is 0.500. The van der Waals surface area contributed by atoms with Gasteiger partial charge in [-0.1, -0.05) is 23.8 Å². The van der Waals surface area contributed by atoms with Crippen molar-refractivity contribution in [2.45, 2.75) is 38.5 Å². The smallest absolute Gasteiger partial charge is 0.221 e. The number of carbonyl (C=O) groups is 1. The number of ether oxygens (including phenoxy) is 1. The molecular formula is C18H26N2O2. The summed E-state index contributed by atoms with van der Waals surface area (Å²) in [7, 11) is 1.65. The molecule has 0 fully saturated rings. The van der Waals surface area contributed by atoms with Gasteiger partial charge in [-0.05, 0) is 44.2 Å². The average Bonchev–Trinajstić information content (AvgIpc) is 2.56. The second kappa shape index (κ2) is 9.13. The molecule has 0 radical (unpaired) electrons. The molecule has 0 aromatic heterocycles. The van der Waals surface area contributed by atoms with Gasteiger partial charge in [-0.3, -0.25) is 4.79 Å². The van der Waals surface area contributed by atoms with Gasteiger partial charge in [-0.15, -0.1) is 0 Å². The molecule has 120 valence electrons. The largest absolute Gasteiger partial charge is 0.495 e. The van der Waals surface area contributed by atoms with Crippen LogP contribution in [0.5, 0.6) is 5.75 Å². The summed E-state index contributed by atoms with van der Waals surface area (Å²) in [4.78, 5) is 11.8. The number of hydrogen-bond donors (Lipinski definition) is 2. The van der Waals surface area contributed by atoms with E-state index < -0.39 is 0 Å². The number of benzene rings is 1. The molecule has 0 atom stereocenters. The minimum atomic E-state index is 0.0961. The fourth-order valence-corrected chi connectivity index (χ4v) is 2.68. The van der Waals surface area contributed by atoms with Crippen molar-refractivity contribution in [1.82, 2.24) is 5.32 Å². The van der Waals surface area contributed by atoms with E-state index in [9.17, 15) is 4.79 Å². The zero-order valence-corrected chi connectivity index (χ0v) is 13.4. The third kappa shape index (κ3) is 5.43. The van der Waals surface area contributed by atoms with Crippen molar-refractivity contribution < 1.29 is 9.53 Å². The zero-order valence-electron chi connectivity index (χ0n) is 13.4. The minimum absolute atomic E-state index is 0.0961. The summed E-state index contributed by atoms with van der Waals surface area (Å²) in [5.74, 6) is 0.894. The molecule has 1 amide bonds. The van der Waals surface area contributed by atoms with Gasteiger partial charge in [0.1, 0.15) is 5.75 Å². The van der Waals surface area contributed by atoms with Gasteiger partial charge in [-0.2, -0.15) is 0 Å². The average molecular weight is 302 g/mol. The van der Waals surface area contributed by atoms with Crippen molar-refractivity contribution in [3.8, 4) is 5.75 Å². The molecule has 1 aromatic rings. The number of methoxy groups -OCH3 is 1. The van der Waals surface area contributed by atoms with Gasteiger partial charge in [0.05, 0.1) is 12.8 Å². The highest BCUT2D eigenvalue weighted by Gasteiger charge is 2.06. The van der Waals surface area contributed by atoms with Gasteiger partial charge in [0, 0.05) is 19.5 Å². The lowest BCUT2D eigenvalue weighted by molar-refractivity contribution is -0.120. The number of amides is 1. The van der Waals surface area contributed by atoms with Gasteiger partial charge < -0.3 is 15.4 Å². The van der Waals surface area contributed by atoms with Crippen molar-refractivity contribution in [3.63, 3.8) is 0 Å². The predicted octanol–water partition coefficient (Wildman–Crippen LogP) is 3.50. The number of allylic oxidation sites excluding steroid dienone is 1. The Labute approximate surface area is 132 Å². The molecular weight excluding hydrogens is 276 g/mol. The van der Waals surface area contributed by atoms with Gasteiger partial charge in [0.25, 0.3) is 0 Å². The number of rotatable bonds is 8. The number of hydrogen-bond acceptors (Lipinski definition) is 3. The molecule has 0 saturated heterocycles. The van der Waals surface area contributed by atoms with Crippen LogP contribution >= 0.6 is 0 Å². The van der Waals surface area contributed by atoms with Crippen LogP contribution in [0.25, 0.3) is 0 Å². The summed E-state index contributed by atoms with van der Waals surface area (Å²) in [5, 5.41) is 6.23.